The molecular weight excluding hydrogens is 136 g/mol. The molecule has 0 rings (SSSR count). The van der Waals surface area contributed by atoms with Crippen LogP contribution in [-0.2, 0) is 4.74 Å². The van der Waals surface area contributed by atoms with E-state index in [-0.39, 0.29) is 0 Å². The average Bonchev–Trinajstić information content (AvgIpc) is 2.03. The van der Waals surface area contributed by atoms with E-state index in [0.29, 0.717) is 0 Å². The molecule has 0 saturated carbocycles. The monoisotopic (exact) mass is 155 g/mol. The minimum atomic E-state index is 0.854. The molecule has 0 heterocycles. The molecule has 0 aromatic heterocycles. The van der Waals surface area contributed by atoms with E-state index >= 15 is 0 Å². The van der Waals surface area contributed by atoms with Crippen LogP contribution >= 0.6 is 0 Å². The molecule has 0 N–H and O–H groups in total. The van der Waals surface area contributed by atoms with Crippen LogP contribution in [0.3, 0.4) is 0 Å². The number of allylic oxidation sites excluding steroid dienone is 2. The fourth-order valence-electron chi connectivity index (χ4n) is 0.796. The van der Waals surface area contributed by atoms with Gasteiger partial charge in [-0.05, 0) is 18.9 Å². The standard InChI is InChI=1S/C10H19O/c1-4-7-9-11-10(6-3)8-5-2/h6,8H,4-5,7,9H2,1-3H3. The second-order valence-corrected chi connectivity index (χ2v) is 2.51. The number of rotatable bonds is 6. The van der Waals surface area contributed by atoms with Crippen LogP contribution in [0.4, 0.5) is 0 Å². The maximum Gasteiger partial charge on any atom is 0.0955 e. The first-order valence-electron chi connectivity index (χ1n) is 4.47. The van der Waals surface area contributed by atoms with Crippen molar-refractivity contribution in [2.45, 2.75) is 40.0 Å². The number of hydrogen-bond donors (Lipinski definition) is 0. The van der Waals surface area contributed by atoms with Crippen molar-refractivity contribution in [2.24, 2.45) is 0 Å². The minimum Gasteiger partial charge on any atom is -0.498 e. The molecule has 0 aliphatic rings. The molecule has 0 spiro atoms. The molecule has 0 bridgehead atoms. The summed E-state index contributed by atoms with van der Waals surface area (Å²) in [6, 6.07) is 0. The SMILES string of the molecule is C[CH]C(=CCC)OCCCC. The molecular formula is C10H19O. The van der Waals surface area contributed by atoms with Crippen LogP contribution in [0.5, 0.6) is 0 Å². The molecule has 11 heavy (non-hydrogen) atoms. The van der Waals surface area contributed by atoms with E-state index in [1.54, 1.807) is 0 Å². The second kappa shape index (κ2) is 7.64. The Morgan fingerprint density at radius 2 is 2.09 bits per heavy atom. The van der Waals surface area contributed by atoms with Gasteiger partial charge in [-0.2, -0.15) is 0 Å². The topological polar surface area (TPSA) is 9.23 Å². The normalized spacial score (nSPS) is 11.7. The van der Waals surface area contributed by atoms with Gasteiger partial charge in [0.2, 0.25) is 0 Å². The molecule has 0 fully saturated rings. The Hall–Kier alpha value is -0.460. The molecule has 0 aromatic rings. The molecule has 0 amide bonds. The van der Waals surface area contributed by atoms with Crippen molar-refractivity contribution < 1.29 is 4.74 Å². The third-order valence-electron chi connectivity index (χ3n) is 1.46. The number of ether oxygens (including phenoxy) is 1. The lowest BCUT2D eigenvalue weighted by Gasteiger charge is -2.06. The predicted molar refractivity (Wildman–Crippen MR) is 49.2 cm³/mol. The molecule has 1 radical (unpaired) electrons. The third-order valence-corrected chi connectivity index (χ3v) is 1.46. The van der Waals surface area contributed by atoms with Crippen molar-refractivity contribution >= 4 is 0 Å². The maximum absolute atomic E-state index is 5.48. The van der Waals surface area contributed by atoms with Gasteiger partial charge in [-0.1, -0.05) is 27.2 Å². The minimum absolute atomic E-state index is 0.854. The van der Waals surface area contributed by atoms with Gasteiger partial charge in [0.1, 0.15) is 0 Å². The average molecular weight is 155 g/mol. The van der Waals surface area contributed by atoms with Gasteiger partial charge in [-0.3, -0.25) is 0 Å². The Balaban J connectivity index is 3.44. The van der Waals surface area contributed by atoms with Crippen LogP contribution in [0, 0.1) is 6.42 Å². The van der Waals surface area contributed by atoms with Gasteiger partial charge in [0.25, 0.3) is 0 Å². The van der Waals surface area contributed by atoms with E-state index in [1.165, 1.54) is 6.42 Å². The Bertz CT molecular complexity index is 105. The van der Waals surface area contributed by atoms with E-state index in [9.17, 15) is 0 Å². The van der Waals surface area contributed by atoms with Gasteiger partial charge in [0, 0.05) is 6.42 Å². The second-order valence-electron chi connectivity index (χ2n) is 2.51. The van der Waals surface area contributed by atoms with Crippen molar-refractivity contribution in [3.05, 3.63) is 18.3 Å². The molecule has 65 valence electrons. The van der Waals surface area contributed by atoms with Gasteiger partial charge in [0.05, 0.1) is 12.4 Å². The molecule has 0 aliphatic carbocycles. The van der Waals surface area contributed by atoms with Crippen molar-refractivity contribution in [3.8, 4) is 0 Å². The highest BCUT2D eigenvalue weighted by molar-refractivity contribution is 5.02. The Kier molecular flexibility index (Phi) is 7.33. The summed E-state index contributed by atoms with van der Waals surface area (Å²) in [6.07, 6.45) is 7.51. The van der Waals surface area contributed by atoms with Crippen molar-refractivity contribution in [2.75, 3.05) is 6.61 Å². The number of unbranched alkanes of at least 4 members (excludes halogenated alkanes) is 1. The van der Waals surface area contributed by atoms with Crippen molar-refractivity contribution in [3.63, 3.8) is 0 Å². The van der Waals surface area contributed by atoms with Crippen LogP contribution in [0.1, 0.15) is 40.0 Å². The van der Waals surface area contributed by atoms with Crippen molar-refractivity contribution in [1.29, 1.82) is 0 Å². The Labute approximate surface area is 70.4 Å². The third kappa shape index (κ3) is 5.96. The van der Waals surface area contributed by atoms with Gasteiger partial charge < -0.3 is 4.74 Å². The number of hydrogen-bond acceptors (Lipinski definition) is 1. The zero-order valence-electron chi connectivity index (χ0n) is 7.89. The van der Waals surface area contributed by atoms with E-state index in [1.807, 2.05) is 13.3 Å². The summed E-state index contributed by atoms with van der Waals surface area (Å²) in [5, 5.41) is 0. The molecule has 0 saturated heterocycles. The summed E-state index contributed by atoms with van der Waals surface area (Å²) in [5.41, 5.74) is 0. The highest BCUT2D eigenvalue weighted by Gasteiger charge is 1.92. The van der Waals surface area contributed by atoms with Crippen LogP contribution in [0.2, 0.25) is 0 Å². The first kappa shape index (κ1) is 10.5. The van der Waals surface area contributed by atoms with Gasteiger partial charge in [-0.25, -0.2) is 0 Å². The lowest BCUT2D eigenvalue weighted by Crippen LogP contribution is -1.93. The lowest BCUT2D eigenvalue weighted by molar-refractivity contribution is 0.212. The summed E-state index contributed by atoms with van der Waals surface area (Å²) in [7, 11) is 0. The molecule has 0 atom stereocenters. The zero-order valence-corrected chi connectivity index (χ0v) is 7.89. The molecule has 1 nitrogen and oxygen atoms in total. The predicted octanol–water partition coefficient (Wildman–Crippen LogP) is 3.32. The lowest BCUT2D eigenvalue weighted by atomic mass is 10.3. The Morgan fingerprint density at radius 1 is 1.36 bits per heavy atom. The largest absolute Gasteiger partial charge is 0.498 e. The van der Waals surface area contributed by atoms with Gasteiger partial charge in [-0.15, -0.1) is 0 Å². The fraction of sp³-hybridized carbons (Fsp3) is 0.700. The van der Waals surface area contributed by atoms with Crippen molar-refractivity contribution in [1.82, 2.24) is 0 Å². The van der Waals surface area contributed by atoms with E-state index in [4.69, 9.17) is 4.74 Å². The fourth-order valence-corrected chi connectivity index (χ4v) is 0.796. The van der Waals surface area contributed by atoms with Crippen LogP contribution in [0.15, 0.2) is 11.8 Å². The molecule has 0 unspecified atom stereocenters. The highest BCUT2D eigenvalue weighted by Crippen LogP contribution is 2.04. The zero-order chi connectivity index (χ0) is 8.53. The summed E-state index contributed by atoms with van der Waals surface area (Å²) >= 11 is 0. The Morgan fingerprint density at radius 3 is 2.55 bits per heavy atom. The quantitative estimate of drug-likeness (QED) is 0.422. The van der Waals surface area contributed by atoms with Gasteiger partial charge in [0.15, 0.2) is 0 Å². The highest BCUT2D eigenvalue weighted by atomic mass is 16.5. The molecule has 0 aliphatic heterocycles. The van der Waals surface area contributed by atoms with E-state index in [2.05, 4.69) is 19.9 Å². The first-order chi connectivity index (χ1) is 5.35. The summed E-state index contributed by atoms with van der Waals surface area (Å²) in [6.45, 7) is 7.15. The van der Waals surface area contributed by atoms with Crippen LogP contribution in [0.25, 0.3) is 0 Å². The maximum atomic E-state index is 5.48. The van der Waals surface area contributed by atoms with E-state index < -0.39 is 0 Å². The van der Waals surface area contributed by atoms with Gasteiger partial charge >= 0.3 is 0 Å². The first-order valence-corrected chi connectivity index (χ1v) is 4.47. The molecule has 1 heteroatoms. The van der Waals surface area contributed by atoms with Crippen LogP contribution < -0.4 is 0 Å². The summed E-state index contributed by atoms with van der Waals surface area (Å²) in [4.78, 5) is 0. The van der Waals surface area contributed by atoms with E-state index in [0.717, 1.165) is 25.2 Å². The summed E-state index contributed by atoms with van der Waals surface area (Å²) < 4.78 is 5.48. The molecule has 0 aromatic carbocycles. The summed E-state index contributed by atoms with van der Waals surface area (Å²) in [5.74, 6) is 1.03. The van der Waals surface area contributed by atoms with Crippen LogP contribution in [-0.4, -0.2) is 6.61 Å². The smallest absolute Gasteiger partial charge is 0.0955 e.